The van der Waals surface area contributed by atoms with Gasteiger partial charge in [-0.05, 0) is 34.5 Å². The Hall–Kier alpha value is -1.14. The zero-order valence-corrected chi connectivity index (χ0v) is 15.1. The first-order valence-electron chi connectivity index (χ1n) is 5.88. The number of benzene rings is 2. The van der Waals surface area contributed by atoms with Gasteiger partial charge in [0.1, 0.15) is 0 Å². The number of carboxylic acid groups (broad SMARTS) is 1. The maximum Gasteiger partial charge on any atom is 1.00 e. The van der Waals surface area contributed by atoms with E-state index < -0.39 is 5.97 Å². The van der Waals surface area contributed by atoms with E-state index in [9.17, 15) is 9.90 Å². The minimum Gasteiger partial charge on any atom is -0.545 e. The SMILES string of the molecule is COc1nccc2c(Br)cc3cc(C(=O)[O-])ccc3c12.[Na+]. The number of halogens is 1. The average molecular weight is 354 g/mol. The number of ether oxygens (including phenoxy) is 1. The molecule has 0 saturated carbocycles. The largest absolute Gasteiger partial charge is 1.00 e. The standard InChI is InChI=1S/C15H10BrNO3.Na/c1-20-14-13-10-3-2-8(15(18)19)6-9(10)7-12(16)11(13)4-5-17-14;/h2-7H,1H3,(H,18,19);/q;+1/p-1. The summed E-state index contributed by atoms with van der Waals surface area (Å²) in [6.07, 6.45) is 1.67. The van der Waals surface area contributed by atoms with Gasteiger partial charge in [-0.15, -0.1) is 0 Å². The molecule has 0 fully saturated rings. The fourth-order valence-corrected chi connectivity index (χ4v) is 2.88. The summed E-state index contributed by atoms with van der Waals surface area (Å²) in [4.78, 5) is 15.2. The van der Waals surface area contributed by atoms with E-state index in [1.807, 2.05) is 12.1 Å². The molecule has 3 aromatic rings. The molecule has 100 valence electrons. The van der Waals surface area contributed by atoms with Crippen LogP contribution in [0.15, 0.2) is 41.0 Å². The molecule has 0 unspecified atom stereocenters. The van der Waals surface area contributed by atoms with E-state index in [0.29, 0.717) is 5.88 Å². The van der Waals surface area contributed by atoms with Gasteiger partial charge in [0, 0.05) is 16.1 Å². The van der Waals surface area contributed by atoms with Crippen LogP contribution in [-0.4, -0.2) is 18.1 Å². The second kappa shape index (κ2) is 6.32. The first-order chi connectivity index (χ1) is 9.61. The number of hydrogen-bond donors (Lipinski definition) is 0. The van der Waals surface area contributed by atoms with Crippen molar-refractivity contribution in [1.82, 2.24) is 4.98 Å². The van der Waals surface area contributed by atoms with Gasteiger partial charge in [0.05, 0.1) is 18.5 Å². The predicted octanol–water partition coefficient (Wildman–Crippen LogP) is -0.473. The first-order valence-corrected chi connectivity index (χ1v) is 6.67. The molecular formula is C15H9BrNNaO3. The fraction of sp³-hybridized carbons (Fsp3) is 0.0667. The van der Waals surface area contributed by atoms with Crippen LogP contribution in [0.2, 0.25) is 0 Å². The molecular weight excluding hydrogens is 345 g/mol. The topological polar surface area (TPSA) is 62.2 Å². The van der Waals surface area contributed by atoms with Gasteiger partial charge >= 0.3 is 29.6 Å². The zero-order valence-electron chi connectivity index (χ0n) is 11.5. The van der Waals surface area contributed by atoms with Gasteiger partial charge in [0.15, 0.2) is 0 Å². The van der Waals surface area contributed by atoms with Crippen molar-refractivity contribution in [2.45, 2.75) is 0 Å². The summed E-state index contributed by atoms with van der Waals surface area (Å²) in [5.41, 5.74) is 0.145. The quantitative estimate of drug-likeness (QED) is 0.461. The second-order valence-electron chi connectivity index (χ2n) is 4.32. The Labute approximate surface area is 151 Å². The first kappa shape index (κ1) is 16.2. The number of hydrogen-bond acceptors (Lipinski definition) is 4. The molecule has 0 amide bonds. The molecule has 0 radical (unpaired) electrons. The Morgan fingerprint density at radius 2 is 2.00 bits per heavy atom. The van der Waals surface area contributed by atoms with Crippen LogP contribution in [0.3, 0.4) is 0 Å². The zero-order chi connectivity index (χ0) is 14.3. The van der Waals surface area contributed by atoms with Crippen LogP contribution >= 0.6 is 15.9 Å². The van der Waals surface area contributed by atoms with Crippen LogP contribution in [0.4, 0.5) is 0 Å². The smallest absolute Gasteiger partial charge is 0.545 e. The van der Waals surface area contributed by atoms with E-state index in [0.717, 1.165) is 26.0 Å². The number of carbonyl (C=O) groups excluding carboxylic acids is 1. The molecule has 0 atom stereocenters. The van der Waals surface area contributed by atoms with Crippen molar-refractivity contribution in [3.63, 3.8) is 0 Å². The summed E-state index contributed by atoms with van der Waals surface area (Å²) in [5.74, 6) is -0.684. The normalized spacial score (nSPS) is 10.4. The average Bonchev–Trinajstić information content (AvgIpc) is 2.46. The molecule has 0 N–H and O–H groups in total. The number of rotatable bonds is 2. The molecule has 0 aliphatic rings. The number of carboxylic acids is 1. The van der Waals surface area contributed by atoms with E-state index in [1.54, 1.807) is 25.4 Å². The molecule has 0 saturated heterocycles. The van der Waals surface area contributed by atoms with E-state index in [-0.39, 0.29) is 35.1 Å². The molecule has 0 spiro atoms. The summed E-state index contributed by atoms with van der Waals surface area (Å²) in [7, 11) is 1.56. The van der Waals surface area contributed by atoms with Crippen molar-refractivity contribution < 1.29 is 44.2 Å². The molecule has 1 aromatic heterocycles. The molecule has 21 heavy (non-hydrogen) atoms. The minimum absolute atomic E-state index is 0. The Bertz CT molecular complexity index is 851. The summed E-state index contributed by atoms with van der Waals surface area (Å²) in [6.45, 7) is 0. The minimum atomic E-state index is -1.19. The van der Waals surface area contributed by atoms with Crippen molar-refractivity contribution in [2.24, 2.45) is 0 Å². The van der Waals surface area contributed by atoms with Crippen molar-refractivity contribution in [2.75, 3.05) is 7.11 Å². The van der Waals surface area contributed by atoms with Gasteiger partial charge in [-0.25, -0.2) is 4.98 Å². The van der Waals surface area contributed by atoms with Gasteiger partial charge in [-0.3, -0.25) is 0 Å². The van der Waals surface area contributed by atoms with E-state index >= 15 is 0 Å². The van der Waals surface area contributed by atoms with Crippen molar-refractivity contribution in [3.8, 4) is 5.88 Å². The summed E-state index contributed by atoms with van der Waals surface area (Å²) >= 11 is 3.50. The number of aromatic carboxylic acids is 1. The molecule has 0 bridgehead atoms. The molecule has 4 nitrogen and oxygen atoms in total. The monoisotopic (exact) mass is 353 g/mol. The Balaban J connectivity index is 0.00000161. The Morgan fingerprint density at radius 3 is 2.67 bits per heavy atom. The molecule has 6 heteroatoms. The second-order valence-corrected chi connectivity index (χ2v) is 5.18. The maximum absolute atomic E-state index is 11.0. The van der Waals surface area contributed by atoms with Crippen LogP contribution < -0.4 is 39.4 Å². The Morgan fingerprint density at radius 1 is 1.24 bits per heavy atom. The Kier molecular flexibility index (Phi) is 4.88. The summed E-state index contributed by atoms with van der Waals surface area (Å²) in [5, 5.41) is 14.4. The van der Waals surface area contributed by atoms with E-state index in [4.69, 9.17) is 4.74 Å². The van der Waals surface area contributed by atoms with Crippen molar-refractivity contribution in [3.05, 3.63) is 46.6 Å². The van der Waals surface area contributed by atoms with Gasteiger partial charge in [0.25, 0.3) is 0 Å². The third-order valence-electron chi connectivity index (χ3n) is 3.21. The summed E-state index contributed by atoms with van der Waals surface area (Å²) < 4.78 is 6.17. The predicted molar refractivity (Wildman–Crippen MR) is 77.8 cm³/mol. The number of pyridine rings is 1. The third-order valence-corrected chi connectivity index (χ3v) is 3.86. The molecule has 2 aromatic carbocycles. The van der Waals surface area contributed by atoms with Crippen LogP contribution in [0, 0.1) is 0 Å². The fourth-order valence-electron chi connectivity index (χ4n) is 2.31. The number of fused-ring (bicyclic) bond motifs is 3. The van der Waals surface area contributed by atoms with Crippen LogP contribution in [0.1, 0.15) is 10.4 Å². The van der Waals surface area contributed by atoms with Crippen molar-refractivity contribution in [1.29, 1.82) is 0 Å². The molecule has 1 heterocycles. The van der Waals surface area contributed by atoms with Gasteiger partial charge in [-0.2, -0.15) is 0 Å². The van der Waals surface area contributed by atoms with Crippen molar-refractivity contribution >= 4 is 43.4 Å². The number of nitrogens with zero attached hydrogens (tertiary/aromatic N) is 1. The van der Waals surface area contributed by atoms with E-state index in [2.05, 4.69) is 20.9 Å². The van der Waals surface area contributed by atoms with Gasteiger partial charge in [-0.1, -0.05) is 28.1 Å². The van der Waals surface area contributed by atoms with Crippen LogP contribution in [0.5, 0.6) is 5.88 Å². The molecule has 3 rings (SSSR count). The third kappa shape index (κ3) is 2.79. The molecule has 0 aliphatic carbocycles. The number of aromatic nitrogens is 1. The number of methoxy groups -OCH3 is 1. The van der Waals surface area contributed by atoms with Gasteiger partial charge < -0.3 is 14.6 Å². The van der Waals surface area contributed by atoms with Crippen LogP contribution in [0.25, 0.3) is 21.5 Å². The van der Waals surface area contributed by atoms with Gasteiger partial charge in [0.2, 0.25) is 5.88 Å². The number of carbonyl (C=O) groups is 1. The van der Waals surface area contributed by atoms with E-state index in [1.165, 1.54) is 6.07 Å². The summed E-state index contributed by atoms with van der Waals surface area (Å²) in [6, 6.07) is 8.62. The molecule has 0 aliphatic heterocycles. The maximum atomic E-state index is 11.0. The van der Waals surface area contributed by atoms with Crippen LogP contribution in [-0.2, 0) is 0 Å².